The molecule has 7 nitrogen and oxygen atoms in total. The zero-order chi connectivity index (χ0) is 16.2. The quantitative estimate of drug-likeness (QED) is 0.616. The molecule has 3 rings (SSSR count). The Morgan fingerprint density at radius 1 is 0.955 bits per heavy atom. The van der Waals surface area contributed by atoms with Crippen LogP contribution in [0, 0.1) is 27.2 Å². The number of carbonyl (C=O) groups excluding carboxylic acids is 1. The molecule has 0 aliphatic heterocycles. The van der Waals surface area contributed by atoms with Crippen LogP contribution in [0.15, 0.2) is 35.1 Å². The van der Waals surface area contributed by atoms with Crippen molar-refractivity contribution in [3.05, 3.63) is 72.0 Å². The second kappa shape index (κ2) is 4.45. The van der Waals surface area contributed by atoms with Crippen molar-refractivity contribution in [3.63, 3.8) is 0 Å². The molecule has 7 heteroatoms. The molecule has 2 aliphatic rings. The number of Topliss-reactive ketones (excluding diaryl/α,β-unsaturated/α-hetero) is 1. The zero-order valence-electron chi connectivity index (χ0n) is 11.7. The van der Waals surface area contributed by atoms with Crippen molar-refractivity contribution in [2.75, 3.05) is 0 Å². The molecule has 0 heterocycles. The minimum Gasteiger partial charge on any atom is -0.282 e. The molecule has 0 spiro atoms. The Hall–Kier alpha value is -3.09. The van der Waals surface area contributed by atoms with Gasteiger partial charge in [0.05, 0.1) is 9.85 Å². The van der Waals surface area contributed by atoms with E-state index in [1.807, 2.05) is 0 Å². The van der Waals surface area contributed by atoms with Crippen molar-refractivity contribution in [3.8, 4) is 0 Å². The van der Waals surface area contributed by atoms with Crippen LogP contribution in [0.3, 0.4) is 0 Å². The lowest BCUT2D eigenvalue weighted by Gasteiger charge is -2.12. The van der Waals surface area contributed by atoms with E-state index in [-0.39, 0.29) is 16.8 Å². The monoisotopic (exact) mass is 298 g/mol. The molecule has 2 aliphatic carbocycles. The second-order valence-electron chi connectivity index (χ2n) is 5.22. The first-order chi connectivity index (χ1) is 10.3. The van der Waals surface area contributed by atoms with Crippen molar-refractivity contribution >= 4 is 23.1 Å². The van der Waals surface area contributed by atoms with Crippen molar-refractivity contribution in [2.24, 2.45) is 0 Å². The number of hydrogen-bond acceptors (Lipinski definition) is 5. The van der Waals surface area contributed by atoms with E-state index < -0.39 is 21.3 Å². The van der Waals surface area contributed by atoms with Crippen LogP contribution in [-0.4, -0.2) is 15.6 Å². The van der Waals surface area contributed by atoms with Crippen LogP contribution in [0.2, 0.25) is 0 Å². The van der Waals surface area contributed by atoms with Gasteiger partial charge in [0.2, 0.25) is 0 Å². The fourth-order valence-electron chi connectivity index (χ4n) is 2.80. The molecule has 0 unspecified atom stereocenters. The Balaban J connectivity index is 2.23. The molecule has 0 aromatic heterocycles. The SMILES string of the molecule is CC1=C([N+](=O)[O-])C(=O)C2=Cc3cc([N+](=O)[O-])c(C)cc3C2=C1. The minimum absolute atomic E-state index is 0.0403. The largest absolute Gasteiger partial charge is 0.319 e. The van der Waals surface area contributed by atoms with Gasteiger partial charge in [0.25, 0.3) is 11.5 Å². The van der Waals surface area contributed by atoms with Crippen molar-refractivity contribution < 1.29 is 14.6 Å². The number of nitro benzene ring substituents is 1. The van der Waals surface area contributed by atoms with E-state index in [4.69, 9.17) is 0 Å². The Morgan fingerprint density at radius 2 is 1.64 bits per heavy atom. The highest BCUT2D eigenvalue weighted by Gasteiger charge is 2.37. The number of nitro groups is 2. The number of ketones is 1. The van der Waals surface area contributed by atoms with Gasteiger partial charge in [-0.05, 0) is 48.8 Å². The highest BCUT2D eigenvalue weighted by atomic mass is 16.6. The summed E-state index contributed by atoms with van der Waals surface area (Å²) in [5.74, 6) is -0.656. The summed E-state index contributed by atoms with van der Waals surface area (Å²) < 4.78 is 0. The Bertz CT molecular complexity index is 874. The number of fused-ring (bicyclic) bond motifs is 3. The lowest BCUT2D eigenvalue weighted by molar-refractivity contribution is -0.419. The molecular weight excluding hydrogens is 288 g/mol. The summed E-state index contributed by atoms with van der Waals surface area (Å²) in [6.45, 7) is 3.13. The van der Waals surface area contributed by atoms with Gasteiger partial charge in [-0.25, -0.2) is 0 Å². The van der Waals surface area contributed by atoms with Crippen LogP contribution in [0.5, 0.6) is 0 Å². The van der Waals surface area contributed by atoms with Gasteiger partial charge in [0.15, 0.2) is 0 Å². The highest BCUT2D eigenvalue weighted by Crippen LogP contribution is 2.43. The van der Waals surface area contributed by atoms with E-state index in [0.717, 1.165) is 0 Å². The predicted molar refractivity (Wildman–Crippen MR) is 78.5 cm³/mol. The van der Waals surface area contributed by atoms with E-state index in [1.54, 1.807) is 19.1 Å². The second-order valence-corrected chi connectivity index (χ2v) is 5.22. The molecule has 0 saturated heterocycles. The fourth-order valence-corrected chi connectivity index (χ4v) is 2.80. The zero-order valence-corrected chi connectivity index (χ0v) is 11.7. The van der Waals surface area contributed by atoms with Gasteiger partial charge in [-0.1, -0.05) is 0 Å². The molecule has 22 heavy (non-hydrogen) atoms. The lowest BCUT2D eigenvalue weighted by atomic mass is 9.90. The first kappa shape index (κ1) is 13.9. The topological polar surface area (TPSA) is 103 Å². The lowest BCUT2D eigenvalue weighted by Crippen LogP contribution is -2.18. The fraction of sp³-hybridized carbons (Fsp3) is 0.133. The summed E-state index contributed by atoms with van der Waals surface area (Å²) in [6, 6.07) is 3.03. The van der Waals surface area contributed by atoms with E-state index in [9.17, 15) is 25.0 Å². The normalized spacial score (nSPS) is 16.0. The van der Waals surface area contributed by atoms with E-state index in [1.165, 1.54) is 19.1 Å². The predicted octanol–water partition coefficient (Wildman–Crippen LogP) is 2.82. The Morgan fingerprint density at radius 3 is 2.23 bits per heavy atom. The number of benzene rings is 1. The van der Waals surface area contributed by atoms with E-state index >= 15 is 0 Å². The molecule has 0 bridgehead atoms. The van der Waals surface area contributed by atoms with Gasteiger partial charge in [-0.2, -0.15) is 0 Å². The van der Waals surface area contributed by atoms with Gasteiger partial charge in [0, 0.05) is 22.8 Å². The summed E-state index contributed by atoms with van der Waals surface area (Å²) in [6.07, 6.45) is 3.06. The maximum Gasteiger partial charge on any atom is 0.319 e. The number of aryl methyl sites for hydroxylation is 1. The van der Waals surface area contributed by atoms with Crippen LogP contribution in [0.25, 0.3) is 11.6 Å². The molecule has 1 aromatic rings. The van der Waals surface area contributed by atoms with Crippen LogP contribution >= 0.6 is 0 Å². The van der Waals surface area contributed by atoms with E-state index in [0.29, 0.717) is 22.3 Å². The van der Waals surface area contributed by atoms with Gasteiger partial charge in [-0.15, -0.1) is 0 Å². The van der Waals surface area contributed by atoms with Crippen molar-refractivity contribution in [1.29, 1.82) is 0 Å². The van der Waals surface area contributed by atoms with Gasteiger partial charge in [-0.3, -0.25) is 25.0 Å². The minimum atomic E-state index is -0.692. The van der Waals surface area contributed by atoms with Crippen molar-refractivity contribution in [1.82, 2.24) is 0 Å². The average molecular weight is 298 g/mol. The van der Waals surface area contributed by atoms with Crippen LogP contribution in [0.4, 0.5) is 5.69 Å². The van der Waals surface area contributed by atoms with Crippen LogP contribution in [-0.2, 0) is 4.79 Å². The van der Waals surface area contributed by atoms with Crippen LogP contribution in [0.1, 0.15) is 23.6 Å². The average Bonchev–Trinajstić information content (AvgIpc) is 2.75. The summed E-state index contributed by atoms with van der Waals surface area (Å²) in [5, 5.41) is 22.0. The number of hydrogen-bond donors (Lipinski definition) is 0. The number of allylic oxidation sites excluding steroid dienone is 4. The molecule has 0 N–H and O–H groups in total. The third-order valence-corrected chi connectivity index (χ3v) is 3.82. The molecule has 110 valence electrons. The summed E-state index contributed by atoms with van der Waals surface area (Å²) >= 11 is 0. The number of carbonyl (C=O) groups is 1. The molecule has 0 amide bonds. The third kappa shape index (κ3) is 1.79. The molecule has 0 saturated carbocycles. The Kier molecular flexibility index (Phi) is 2.81. The van der Waals surface area contributed by atoms with Gasteiger partial charge in [0.1, 0.15) is 0 Å². The van der Waals surface area contributed by atoms with Gasteiger partial charge < -0.3 is 0 Å². The number of nitrogens with zero attached hydrogens (tertiary/aromatic N) is 2. The third-order valence-electron chi connectivity index (χ3n) is 3.82. The maximum absolute atomic E-state index is 12.3. The molecule has 1 aromatic carbocycles. The van der Waals surface area contributed by atoms with Gasteiger partial charge >= 0.3 is 5.70 Å². The van der Waals surface area contributed by atoms with Crippen LogP contribution < -0.4 is 0 Å². The maximum atomic E-state index is 12.3. The molecule has 0 atom stereocenters. The highest BCUT2D eigenvalue weighted by molar-refractivity contribution is 6.25. The smallest absolute Gasteiger partial charge is 0.282 e. The number of rotatable bonds is 2. The van der Waals surface area contributed by atoms with Crippen molar-refractivity contribution in [2.45, 2.75) is 13.8 Å². The first-order valence-electron chi connectivity index (χ1n) is 6.44. The molecular formula is C15H10N2O5. The molecule has 0 radical (unpaired) electrons. The standard InChI is InChI=1S/C15H10N2O5/c1-7-3-10-9(6-13(7)16(19)20)5-12-11(10)4-8(2)14(15(12)18)17(21)22/h3-6H,1-2H3. The summed E-state index contributed by atoms with van der Waals surface area (Å²) in [7, 11) is 0. The summed E-state index contributed by atoms with van der Waals surface area (Å²) in [4.78, 5) is 33.1. The summed E-state index contributed by atoms with van der Waals surface area (Å²) in [5.41, 5.74) is 2.29. The first-order valence-corrected chi connectivity index (χ1v) is 6.44. The Labute approximate surface area is 124 Å². The van der Waals surface area contributed by atoms with E-state index in [2.05, 4.69) is 0 Å². The molecule has 0 fully saturated rings.